The SMILES string of the molecule is CC1NNC(C)C1C(Nc1cccc(Br)c1)C(=O)O. The van der Waals surface area contributed by atoms with Crippen LogP contribution in [0.5, 0.6) is 0 Å². The molecule has 1 heterocycles. The van der Waals surface area contributed by atoms with Crippen molar-refractivity contribution in [2.24, 2.45) is 5.92 Å². The number of aliphatic carboxylic acids is 1. The highest BCUT2D eigenvalue weighted by Gasteiger charge is 2.40. The van der Waals surface area contributed by atoms with Gasteiger partial charge < -0.3 is 10.4 Å². The van der Waals surface area contributed by atoms with Gasteiger partial charge in [0.15, 0.2) is 0 Å². The molecule has 1 aromatic carbocycles. The highest BCUT2D eigenvalue weighted by Crippen LogP contribution is 2.24. The van der Waals surface area contributed by atoms with Crippen molar-refractivity contribution in [1.82, 2.24) is 10.9 Å². The van der Waals surface area contributed by atoms with Crippen molar-refractivity contribution in [1.29, 1.82) is 0 Å². The molecule has 1 aliphatic rings. The first-order valence-corrected chi connectivity index (χ1v) is 7.04. The smallest absolute Gasteiger partial charge is 0.326 e. The van der Waals surface area contributed by atoms with Crippen molar-refractivity contribution in [3.05, 3.63) is 28.7 Å². The molecule has 0 aliphatic carbocycles. The standard InChI is InChI=1S/C13H18BrN3O2/c1-7-11(8(2)17-16-7)12(13(18)19)15-10-5-3-4-9(14)6-10/h3-8,11-12,15-17H,1-2H3,(H,18,19). The quantitative estimate of drug-likeness (QED) is 0.679. The van der Waals surface area contributed by atoms with E-state index in [0.717, 1.165) is 10.2 Å². The van der Waals surface area contributed by atoms with E-state index < -0.39 is 12.0 Å². The predicted molar refractivity (Wildman–Crippen MR) is 77.9 cm³/mol. The molecule has 0 bridgehead atoms. The summed E-state index contributed by atoms with van der Waals surface area (Å²) in [5.74, 6) is -0.870. The fourth-order valence-electron chi connectivity index (χ4n) is 2.55. The van der Waals surface area contributed by atoms with E-state index in [4.69, 9.17) is 0 Å². The zero-order valence-electron chi connectivity index (χ0n) is 10.9. The van der Waals surface area contributed by atoms with Crippen LogP contribution in [0.25, 0.3) is 0 Å². The van der Waals surface area contributed by atoms with Crippen LogP contribution in [0.15, 0.2) is 28.7 Å². The number of carboxylic acids is 1. The summed E-state index contributed by atoms with van der Waals surface area (Å²) in [5.41, 5.74) is 6.98. The lowest BCUT2D eigenvalue weighted by molar-refractivity contribution is -0.139. The minimum atomic E-state index is -0.839. The van der Waals surface area contributed by atoms with Crippen LogP contribution in [-0.4, -0.2) is 29.2 Å². The van der Waals surface area contributed by atoms with Gasteiger partial charge in [-0.3, -0.25) is 10.9 Å². The molecule has 0 spiro atoms. The van der Waals surface area contributed by atoms with E-state index >= 15 is 0 Å². The Morgan fingerprint density at radius 2 is 2.00 bits per heavy atom. The minimum absolute atomic E-state index is 0.0310. The number of nitrogens with one attached hydrogen (secondary N) is 3. The van der Waals surface area contributed by atoms with Crippen molar-refractivity contribution in [2.45, 2.75) is 32.0 Å². The van der Waals surface area contributed by atoms with Gasteiger partial charge in [0.05, 0.1) is 0 Å². The minimum Gasteiger partial charge on any atom is -0.480 e. The third-order valence-electron chi connectivity index (χ3n) is 3.49. The largest absolute Gasteiger partial charge is 0.480 e. The first-order chi connectivity index (χ1) is 8.99. The van der Waals surface area contributed by atoms with Gasteiger partial charge >= 0.3 is 5.97 Å². The molecule has 6 heteroatoms. The third kappa shape index (κ3) is 3.26. The maximum atomic E-state index is 11.5. The monoisotopic (exact) mass is 327 g/mol. The molecule has 0 radical (unpaired) electrons. The van der Waals surface area contributed by atoms with E-state index in [-0.39, 0.29) is 18.0 Å². The van der Waals surface area contributed by atoms with Gasteiger partial charge in [0.2, 0.25) is 0 Å². The molecule has 1 fully saturated rings. The summed E-state index contributed by atoms with van der Waals surface area (Å²) in [7, 11) is 0. The van der Waals surface area contributed by atoms with Crippen molar-refractivity contribution < 1.29 is 9.90 Å². The summed E-state index contributed by atoms with van der Waals surface area (Å²) in [4.78, 5) is 11.5. The number of carboxylic acid groups (broad SMARTS) is 1. The average Bonchev–Trinajstić information content (AvgIpc) is 2.66. The number of benzene rings is 1. The van der Waals surface area contributed by atoms with E-state index in [1.165, 1.54) is 0 Å². The second-order valence-corrected chi connectivity index (χ2v) is 5.83. The summed E-state index contributed by atoms with van der Waals surface area (Å²) < 4.78 is 0.922. The lowest BCUT2D eigenvalue weighted by atomic mass is 9.88. The second-order valence-electron chi connectivity index (χ2n) is 4.91. The van der Waals surface area contributed by atoms with Gasteiger partial charge in [-0.25, -0.2) is 4.79 Å². The van der Waals surface area contributed by atoms with E-state index in [1.54, 1.807) is 0 Å². The number of hydrogen-bond donors (Lipinski definition) is 4. The van der Waals surface area contributed by atoms with Crippen LogP contribution in [0.3, 0.4) is 0 Å². The van der Waals surface area contributed by atoms with Crippen molar-refractivity contribution in [3.63, 3.8) is 0 Å². The summed E-state index contributed by atoms with van der Waals surface area (Å²) in [6.45, 7) is 3.97. The highest BCUT2D eigenvalue weighted by atomic mass is 79.9. The average molecular weight is 328 g/mol. The number of halogens is 1. The number of anilines is 1. The van der Waals surface area contributed by atoms with Gasteiger partial charge in [-0.15, -0.1) is 0 Å². The van der Waals surface area contributed by atoms with E-state index in [9.17, 15) is 9.90 Å². The Labute approximate surface area is 120 Å². The lowest BCUT2D eigenvalue weighted by Gasteiger charge is -2.27. The number of hydrazine groups is 1. The molecule has 1 aliphatic heterocycles. The molecule has 4 N–H and O–H groups in total. The molecule has 3 unspecified atom stereocenters. The van der Waals surface area contributed by atoms with E-state index in [2.05, 4.69) is 32.1 Å². The topological polar surface area (TPSA) is 73.4 Å². The molecular weight excluding hydrogens is 310 g/mol. The van der Waals surface area contributed by atoms with Gasteiger partial charge in [0.25, 0.3) is 0 Å². The Morgan fingerprint density at radius 3 is 2.53 bits per heavy atom. The lowest BCUT2D eigenvalue weighted by Crippen LogP contribution is -2.45. The van der Waals surface area contributed by atoms with E-state index in [0.29, 0.717) is 0 Å². The third-order valence-corrected chi connectivity index (χ3v) is 3.98. The van der Waals surface area contributed by atoms with Crippen LogP contribution in [0.4, 0.5) is 5.69 Å². The molecule has 104 valence electrons. The van der Waals surface area contributed by atoms with Crippen LogP contribution >= 0.6 is 15.9 Å². The van der Waals surface area contributed by atoms with Crippen LogP contribution in [0.1, 0.15) is 13.8 Å². The summed E-state index contributed by atoms with van der Waals surface area (Å²) in [6, 6.07) is 7.08. The summed E-state index contributed by atoms with van der Waals surface area (Å²) in [6.07, 6.45) is 0. The van der Waals surface area contributed by atoms with Crippen LogP contribution < -0.4 is 16.2 Å². The molecule has 3 atom stereocenters. The Morgan fingerprint density at radius 1 is 1.37 bits per heavy atom. The molecule has 2 rings (SSSR count). The zero-order valence-corrected chi connectivity index (χ0v) is 12.4. The van der Waals surface area contributed by atoms with Crippen molar-refractivity contribution in [3.8, 4) is 0 Å². The van der Waals surface area contributed by atoms with Crippen LogP contribution in [0, 0.1) is 5.92 Å². The molecule has 5 nitrogen and oxygen atoms in total. The summed E-state index contributed by atoms with van der Waals surface area (Å²) >= 11 is 3.38. The molecule has 0 aromatic heterocycles. The Bertz CT molecular complexity index is 459. The maximum absolute atomic E-state index is 11.5. The molecule has 1 saturated heterocycles. The Kier molecular flexibility index (Phi) is 4.44. The van der Waals surface area contributed by atoms with E-state index in [1.807, 2.05) is 38.1 Å². The van der Waals surface area contributed by atoms with Gasteiger partial charge in [0, 0.05) is 28.2 Å². The predicted octanol–water partition coefficient (Wildman–Crippen LogP) is 1.82. The van der Waals surface area contributed by atoms with Crippen LogP contribution in [0.2, 0.25) is 0 Å². The first-order valence-electron chi connectivity index (χ1n) is 6.25. The molecule has 19 heavy (non-hydrogen) atoms. The molecule has 1 aromatic rings. The van der Waals surface area contributed by atoms with Crippen molar-refractivity contribution in [2.75, 3.05) is 5.32 Å². The normalized spacial score (nSPS) is 28.1. The van der Waals surface area contributed by atoms with Gasteiger partial charge in [0.1, 0.15) is 6.04 Å². The number of carbonyl (C=O) groups is 1. The molecular formula is C13H18BrN3O2. The van der Waals surface area contributed by atoms with Gasteiger partial charge in [-0.05, 0) is 32.0 Å². The highest BCUT2D eigenvalue weighted by molar-refractivity contribution is 9.10. The number of hydrogen-bond acceptors (Lipinski definition) is 4. The number of rotatable bonds is 4. The zero-order chi connectivity index (χ0) is 14.0. The fraction of sp³-hybridized carbons (Fsp3) is 0.462. The van der Waals surface area contributed by atoms with Gasteiger partial charge in [-0.2, -0.15) is 0 Å². The van der Waals surface area contributed by atoms with Crippen LogP contribution in [-0.2, 0) is 4.79 Å². The summed E-state index contributed by atoms with van der Waals surface area (Å²) in [5, 5.41) is 12.6. The maximum Gasteiger partial charge on any atom is 0.326 e. The fourth-order valence-corrected chi connectivity index (χ4v) is 2.95. The first kappa shape index (κ1) is 14.3. The Hall–Kier alpha value is -1.11. The molecule has 0 amide bonds. The van der Waals surface area contributed by atoms with Gasteiger partial charge in [-0.1, -0.05) is 22.0 Å². The Balaban J connectivity index is 2.19. The van der Waals surface area contributed by atoms with Crippen molar-refractivity contribution >= 4 is 27.6 Å². The molecule has 0 saturated carbocycles. The second kappa shape index (κ2) is 5.90.